The molecule has 0 N–H and O–H groups in total. The molecule has 1 aliphatic heterocycles. The van der Waals surface area contributed by atoms with Gasteiger partial charge in [-0.25, -0.2) is 13.4 Å². The molecule has 6 nitrogen and oxygen atoms in total. The summed E-state index contributed by atoms with van der Waals surface area (Å²) < 4.78 is 25.1. The molecule has 26 heavy (non-hydrogen) atoms. The lowest BCUT2D eigenvalue weighted by Gasteiger charge is -2.34. The van der Waals surface area contributed by atoms with Crippen LogP contribution in [0.2, 0.25) is 0 Å². The van der Waals surface area contributed by atoms with E-state index in [1.165, 1.54) is 24.0 Å². The van der Waals surface area contributed by atoms with Gasteiger partial charge in [-0.2, -0.15) is 5.26 Å². The Morgan fingerprint density at radius 1 is 1.08 bits per heavy atom. The highest BCUT2D eigenvalue weighted by Crippen LogP contribution is 2.18. The predicted molar refractivity (Wildman–Crippen MR) is 98.4 cm³/mol. The van der Waals surface area contributed by atoms with Crippen molar-refractivity contribution in [1.29, 1.82) is 5.26 Å². The summed E-state index contributed by atoms with van der Waals surface area (Å²) in [6, 6.07) is 16.7. The minimum Gasteiger partial charge on any atom is -0.373 e. The number of nitrogens with zero attached hydrogens (tertiary/aromatic N) is 4. The van der Waals surface area contributed by atoms with E-state index >= 15 is 0 Å². The van der Waals surface area contributed by atoms with Gasteiger partial charge in [0.05, 0.1) is 0 Å². The maximum Gasteiger partial charge on any atom is 0.235 e. The quantitative estimate of drug-likeness (QED) is 0.752. The molecule has 1 aromatic heterocycles. The molecular formula is C19H20N4O2S. The first kappa shape index (κ1) is 18.1. The van der Waals surface area contributed by atoms with E-state index in [1.54, 1.807) is 12.1 Å². The molecule has 1 fully saturated rings. The van der Waals surface area contributed by atoms with E-state index in [-0.39, 0.29) is 9.93 Å². The first-order chi connectivity index (χ1) is 12.6. The highest BCUT2D eigenvalue weighted by atomic mass is 32.2. The largest absolute Gasteiger partial charge is 0.373 e. The predicted octanol–water partition coefficient (Wildman–Crippen LogP) is 2.04. The number of nitriles is 1. The molecule has 134 valence electrons. The molecule has 1 saturated heterocycles. The first-order valence-corrected chi connectivity index (χ1v) is 9.86. The zero-order chi connectivity index (χ0) is 18.4. The molecule has 3 rings (SSSR count). The summed E-state index contributed by atoms with van der Waals surface area (Å²) in [7, 11) is -3.88. The van der Waals surface area contributed by atoms with Crippen LogP contribution in [0.3, 0.4) is 0 Å². The number of rotatable bonds is 5. The van der Waals surface area contributed by atoms with Gasteiger partial charge in [-0.1, -0.05) is 36.4 Å². The standard InChI is InChI=1S/C19H20N4O2S/c20-14-18(26(24,25)19-8-4-5-9-21-19)16-23-12-10-22(11-13-23)15-17-6-2-1-3-7-17/h1-9,16H,10-13,15H2. The van der Waals surface area contributed by atoms with Crippen LogP contribution in [0.15, 0.2) is 70.9 Å². The fourth-order valence-corrected chi connectivity index (χ4v) is 3.93. The summed E-state index contributed by atoms with van der Waals surface area (Å²) in [5, 5.41) is 9.24. The lowest BCUT2D eigenvalue weighted by atomic mass is 10.2. The molecule has 0 bridgehead atoms. The smallest absolute Gasteiger partial charge is 0.235 e. The average Bonchev–Trinajstić information content (AvgIpc) is 2.68. The van der Waals surface area contributed by atoms with Crippen molar-refractivity contribution in [3.05, 3.63) is 71.4 Å². The molecule has 1 aromatic carbocycles. The van der Waals surface area contributed by atoms with Crippen LogP contribution in [0.1, 0.15) is 5.56 Å². The van der Waals surface area contributed by atoms with Crippen LogP contribution < -0.4 is 0 Å². The van der Waals surface area contributed by atoms with Crippen LogP contribution in [0, 0.1) is 11.3 Å². The van der Waals surface area contributed by atoms with Crippen molar-refractivity contribution in [2.45, 2.75) is 11.6 Å². The lowest BCUT2D eigenvalue weighted by Crippen LogP contribution is -2.43. The van der Waals surface area contributed by atoms with Crippen molar-refractivity contribution in [2.75, 3.05) is 26.2 Å². The van der Waals surface area contributed by atoms with Crippen molar-refractivity contribution in [3.63, 3.8) is 0 Å². The second-order valence-corrected chi connectivity index (χ2v) is 7.94. The highest BCUT2D eigenvalue weighted by molar-refractivity contribution is 7.95. The Labute approximate surface area is 153 Å². The molecule has 0 aliphatic carbocycles. The van der Waals surface area contributed by atoms with Crippen molar-refractivity contribution >= 4 is 9.84 Å². The van der Waals surface area contributed by atoms with Gasteiger partial charge < -0.3 is 4.90 Å². The van der Waals surface area contributed by atoms with Crippen LogP contribution in [0.5, 0.6) is 0 Å². The summed E-state index contributed by atoms with van der Waals surface area (Å²) in [6.07, 6.45) is 2.86. The topological polar surface area (TPSA) is 77.3 Å². The van der Waals surface area contributed by atoms with E-state index in [0.29, 0.717) is 13.1 Å². The summed E-state index contributed by atoms with van der Waals surface area (Å²) >= 11 is 0. The van der Waals surface area contributed by atoms with Crippen LogP contribution in [0.4, 0.5) is 0 Å². The van der Waals surface area contributed by atoms with Gasteiger partial charge in [0.15, 0.2) is 9.93 Å². The Bertz CT molecular complexity index is 898. The summed E-state index contributed by atoms with van der Waals surface area (Å²) in [5.41, 5.74) is 1.26. The van der Waals surface area contributed by atoms with Crippen molar-refractivity contribution < 1.29 is 8.42 Å². The maximum atomic E-state index is 12.6. The molecule has 0 atom stereocenters. The molecule has 0 amide bonds. The Hall–Kier alpha value is -2.69. The summed E-state index contributed by atoms with van der Waals surface area (Å²) in [5.74, 6) is 0. The first-order valence-electron chi connectivity index (χ1n) is 8.38. The molecule has 0 spiro atoms. The zero-order valence-electron chi connectivity index (χ0n) is 14.3. The minimum atomic E-state index is -3.88. The molecule has 2 heterocycles. The van der Waals surface area contributed by atoms with Crippen LogP contribution in [-0.2, 0) is 16.4 Å². The molecule has 1 aliphatic rings. The fourth-order valence-electron chi connectivity index (χ4n) is 2.84. The van der Waals surface area contributed by atoms with E-state index in [9.17, 15) is 13.7 Å². The van der Waals surface area contributed by atoms with E-state index < -0.39 is 9.84 Å². The Morgan fingerprint density at radius 2 is 1.77 bits per heavy atom. The minimum absolute atomic E-state index is 0.101. The molecule has 0 radical (unpaired) electrons. The third kappa shape index (κ3) is 4.28. The summed E-state index contributed by atoms with van der Waals surface area (Å²) in [6.45, 7) is 3.85. The van der Waals surface area contributed by atoms with Gasteiger partial charge in [-0.05, 0) is 17.7 Å². The van der Waals surface area contributed by atoms with E-state index in [4.69, 9.17) is 0 Å². The second-order valence-electron chi connectivity index (χ2n) is 6.07. The van der Waals surface area contributed by atoms with Gasteiger partial charge in [0.2, 0.25) is 9.84 Å². The number of aromatic nitrogens is 1. The summed E-state index contributed by atoms with van der Waals surface area (Å²) in [4.78, 5) is 7.80. The second kappa shape index (κ2) is 8.13. The zero-order valence-corrected chi connectivity index (χ0v) is 15.1. The normalized spacial score (nSPS) is 16.3. The Kier molecular flexibility index (Phi) is 5.66. The number of benzene rings is 1. The van der Waals surface area contributed by atoms with Gasteiger partial charge in [0, 0.05) is 45.1 Å². The van der Waals surface area contributed by atoms with Crippen molar-refractivity contribution in [1.82, 2.24) is 14.8 Å². The van der Waals surface area contributed by atoms with Gasteiger partial charge in [-0.15, -0.1) is 0 Å². The SMILES string of the molecule is N#CC(=CN1CCN(Cc2ccccc2)CC1)S(=O)(=O)c1ccccn1. The molecule has 0 unspecified atom stereocenters. The van der Waals surface area contributed by atoms with Crippen LogP contribution in [-0.4, -0.2) is 49.4 Å². The number of sulfone groups is 1. The van der Waals surface area contributed by atoms with E-state index in [0.717, 1.165) is 19.6 Å². The van der Waals surface area contributed by atoms with Gasteiger partial charge in [0.25, 0.3) is 0 Å². The van der Waals surface area contributed by atoms with Crippen molar-refractivity contribution in [2.24, 2.45) is 0 Å². The number of allylic oxidation sites excluding steroid dienone is 1. The molecule has 0 saturated carbocycles. The number of pyridine rings is 1. The molecule has 7 heteroatoms. The molecule has 2 aromatic rings. The monoisotopic (exact) mass is 368 g/mol. The third-order valence-corrected chi connectivity index (χ3v) is 5.84. The van der Waals surface area contributed by atoms with Gasteiger partial charge in [-0.3, -0.25) is 4.90 Å². The number of hydrogen-bond donors (Lipinski definition) is 0. The van der Waals surface area contributed by atoms with Crippen LogP contribution in [0.25, 0.3) is 0 Å². The van der Waals surface area contributed by atoms with E-state index in [1.807, 2.05) is 29.2 Å². The molecular weight excluding hydrogens is 348 g/mol. The lowest BCUT2D eigenvalue weighted by molar-refractivity contribution is 0.162. The highest BCUT2D eigenvalue weighted by Gasteiger charge is 2.24. The number of hydrogen-bond acceptors (Lipinski definition) is 6. The Balaban J connectivity index is 1.66. The van der Waals surface area contributed by atoms with Gasteiger partial charge >= 0.3 is 0 Å². The maximum absolute atomic E-state index is 12.6. The third-order valence-electron chi connectivity index (χ3n) is 4.27. The van der Waals surface area contributed by atoms with Crippen molar-refractivity contribution in [3.8, 4) is 6.07 Å². The average molecular weight is 368 g/mol. The van der Waals surface area contributed by atoms with Gasteiger partial charge in [0.1, 0.15) is 6.07 Å². The fraction of sp³-hybridized carbons (Fsp3) is 0.263. The van der Waals surface area contributed by atoms with Crippen LogP contribution >= 0.6 is 0 Å². The Morgan fingerprint density at radius 3 is 2.38 bits per heavy atom. The number of piperazine rings is 1. The van der Waals surface area contributed by atoms with E-state index in [2.05, 4.69) is 22.0 Å².